The van der Waals surface area contributed by atoms with Gasteiger partial charge in [-0.3, -0.25) is 0 Å². The molecule has 0 saturated carbocycles. The molecule has 0 atom stereocenters. The van der Waals surface area contributed by atoms with Crippen LogP contribution >= 0.6 is 0 Å². The molecule has 0 fully saturated rings. The molecule has 104 valence electrons. The van der Waals surface area contributed by atoms with E-state index in [1.807, 2.05) is 0 Å². The molecule has 0 heterocycles. The normalized spacial score (nSPS) is 18.2. The predicted octanol–water partition coefficient (Wildman–Crippen LogP) is 4.17. The van der Waals surface area contributed by atoms with Crippen LogP contribution in [0.25, 0.3) is 0 Å². The van der Waals surface area contributed by atoms with Crippen LogP contribution in [-0.2, 0) is 0 Å². The van der Waals surface area contributed by atoms with Crippen molar-refractivity contribution in [3.63, 3.8) is 0 Å². The number of halogens is 9. The van der Waals surface area contributed by atoms with Crippen LogP contribution in [0.5, 0.6) is 0 Å². The van der Waals surface area contributed by atoms with Crippen molar-refractivity contribution in [2.75, 3.05) is 0 Å². The average Bonchev–Trinajstić information content (AvgIpc) is 2.48. The van der Waals surface area contributed by atoms with Crippen LogP contribution in [0.2, 0.25) is 0 Å². The van der Waals surface area contributed by atoms with E-state index in [2.05, 4.69) is 0 Å². The summed E-state index contributed by atoms with van der Waals surface area (Å²) in [5, 5.41) is -19.0. The van der Waals surface area contributed by atoms with Crippen molar-refractivity contribution in [3.05, 3.63) is 22.6 Å². The van der Waals surface area contributed by atoms with Crippen LogP contribution in [0.1, 0.15) is 6.42 Å². The zero-order valence-corrected chi connectivity index (χ0v) is 10.4. The second-order valence-corrected chi connectivity index (χ2v) is 11.5. The van der Waals surface area contributed by atoms with Gasteiger partial charge in [-0.25, -0.2) is 0 Å². The summed E-state index contributed by atoms with van der Waals surface area (Å²) in [6.45, 7) is 0. The molecule has 0 bridgehead atoms. The van der Waals surface area contributed by atoms with Crippen LogP contribution in [0, 0.1) is 0 Å². The van der Waals surface area contributed by atoms with Crippen molar-refractivity contribution in [1.29, 1.82) is 0 Å². The van der Waals surface area contributed by atoms with Crippen molar-refractivity contribution in [2.24, 2.45) is 0 Å². The maximum absolute atomic E-state index is 12.6. The molecule has 0 N–H and O–H groups in total. The minimum atomic E-state index is -8.34. The van der Waals surface area contributed by atoms with Crippen molar-refractivity contribution < 1.29 is 39.5 Å². The molecule has 0 nitrogen and oxygen atoms in total. The summed E-state index contributed by atoms with van der Waals surface area (Å²) in [7, 11) is 0. The first-order valence-corrected chi connectivity index (χ1v) is 8.62. The Bertz CT molecular complexity index is 345. The van der Waals surface area contributed by atoms with Crippen LogP contribution in [-0.4, -0.2) is 28.3 Å². The number of hydrogen-bond donors (Lipinski definition) is 0. The molecule has 0 aliphatic heterocycles. The Morgan fingerprint density at radius 1 is 0.778 bits per heavy atom. The second-order valence-electron chi connectivity index (χ2n) is 3.54. The molecule has 18 heavy (non-hydrogen) atoms. The molecule has 0 saturated heterocycles. The molecule has 1 rings (SSSR count). The van der Waals surface area contributed by atoms with E-state index in [1.165, 1.54) is 0 Å². The van der Waals surface area contributed by atoms with E-state index >= 15 is 0 Å². The Morgan fingerprint density at radius 3 is 1.39 bits per heavy atom. The molecule has 0 unspecified atom stereocenters. The molecule has 0 radical (unpaired) electrons. The van der Waals surface area contributed by atoms with Gasteiger partial charge in [0.2, 0.25) is 0 Å². The van der Waals surface area contributed by atoms with Crippen molar-refractivity contribution in [1.82, 2.24) is 0 Å². The van der Waals surface area contributed by atoms with Crippen molar-refractivity contribution in [3.8, 4) is 0 Å². The summed E-state index contributed by atoms with van der Waals surface area (Å²) in [5.74, 6) is 0. The predicted molar refractivity (Wildman–Crippen MR) is 45.8 cm³/mol. The number of hydrogen-bond acceptors (Lipinski definition) is 0. The molecule has 1 aliphatic carbocycles. The molecule has 0 aromatic heterocycles. The number of allylic oxidation sites excluding steroid dienone is 4. The van der Waals surface area contributed by atoms with Gasteiger partial charge < -0.3 is 0 Å². The molecular weight excluding hydrogens is 340 g/mol. The fourth-order valence-electron chi connectivity index (χ4n) is 1.71. The maximum atomic E-state index is 12.6. The van der Waals surface area contributed by atoms with Crippen LogP contribution in [0.15, 0.2) is 22.6 Å². The quantitative estimate of drug-likeness (QED) is 0.495. The second kappa shape index (κ2) is 4.20. The van der Waals surface area contributed by atoms with Crippen LogP contribution < -0.4 is 0 Å². The zero-order valence-electron chi connectivity index (χ0n) is 8.34. The molecule has 1 aliphatic rings. The topological polar surface area (TPSA) is 0 Å². The van der Waals surface area contributed by atoms with E-state index in [0.29, 0.717) is 6.08 Å². The Labute approximate surface area is 97.5 Å². The summed E-state index contributed by atoms with van der Waals surface area (Å²) in [5.41, 5.74) is 0. The van der Waals surface area contributed by atoms with Gasteiger partial charge >= 0.3 is 96.9 Å². The summed E-state index contributed by atoms with van der Waals surface area (Å²) >= 11 is -8.34. The van der Waals surface area contributed by atoms with Gasteiger partial charge in [-0.05, 0) is 0 Å². The third-order valence-corrected chi connectivity index (χ3v) is 10.4. The zero-order chi connectivity index (χ0) is 14.4. The van der Waals surface area contributed by atoms with E-state index in [9.17, 15) is 39.5 Å². The van der Waals surface area contributed by atoms with E-state index in [1.54, 1.807) is 0 Å². The number of alkyl halides is 9. The van der Waals surface area contributed by atoms with Crippen molar-refractivity contribution in [2.45, 2.75) is 21.4 Å². The van der Waals surface area contributed by atoms with Gasteiger partial charge in [-0.2, -0.15) is 0 Å². The first-order valence-electron chi connectivity index (χ1n) is 4.43. The van der Waals surface area contributed by atoms with Crippen LogP contribution in [0.4, 0.5) is 39.5 Å². The Balaban J connectivity index is 3.63. The fourth-order valence-corrected chi connectivity index (χ4v) is 7.45. The van der Waals surface area contributed by atoms with Gasteiger partial charge in [0, 0.05) is 0 Å². The molecule has 10 heteroatoms. The monoisotopic (exact) mass is 346 g/mol. The van der Waals surface area contributed by atoms with E-state index in [0.717, 1.165) is 6.08 Å². The fraction of sp³-hybridized carbons (Fsp3) is 0.500. The van der Waals surface area contributed by atoms with Gasteiger partial charge in [-0.1, -0.05) is 0 Å². The molecule has 0 amide bonds. The average molecular weight is 345 g/mol. The first-order chi connectivity index (χ1) is 7.86. The van der Waals surface area contributed by atoms with Gasteiger partial charge in [0.05, 0.1) is 0 Å². The molecule has 0 aromatic rings. The summed E-state index contributed by atoms with van der Waals surface area (Å²) in [6, 6.07) is 0. The SMILES string of the molecule is F[C](F)(F)[Ge]([C]1=CCC=C1)([C](F)(F)F)[C](F)(F)F. The first kappa shape index (κ1) is 15.5. The van der Waals surface area contributed by atoms with E-state index < -0.39 is 32.7 Å². The third-order valence-electron chi connectivity index (χ3n) is 2.48. The van der Waals surface area contributed by atoms with Gasteiger partial charge in [-0.15, -0.1) is 0 Å². The molecule has 0 aromatic carbocycles. The molecular formula is C8H5F9Ge. The van der Waals surface area contributed by atoms with Crippen LogP contribution in [0.3, 0.4) is 0 Å². The van der Waals surface area contributed by atoms with Gasteiger partial charge in [0.1, 0.15) is 0 Å². The Hall–Kier alpha value is -0.607. The van der Waals surface area contributed by atoms with E-state index in [4.69, 9.17) is 0 Å². The Kier molecular flexibility index (Phi) is 3.61. The minimum absolute atomic E-state index is 0.286. The summed E-state index contributed by atoms with van der Waals surface area (Å²) < 4.78 is 112. The summed E-state index contributed by atoms with van der Waals surface area (Å²) in [6.07, 6.45) is 1.13. The Morgan fingerprint density at radius 2 is 1.17 bits per heavy atom. The van der Waals surface area contributed by atoms with Gasteiger partial charge in [0.15, 0.2) is 0 Å². The molecule has 0 spiro atoms. The number of rotatable bonds is 1. The summed E-state index contributed by atoms with van der Waals surface area (Å²) in [4.78, 5) is 0. The third kappa shape index (κ3) is 2.05. The standard InChI is InChI=1S/C8H5F9Ge/c9-6(10,11)18(7(12,13)14,8(15,16)17)5-3-1-2-4-5/h1,3-4H,2H2. The van der Waals surface area contributed by atoms with E-state index in [-0.39, 0.29) is 12.5 Å². The van der Waals surface area contributed by atoms with Gasteiger partial charge in [0.25, 0.3) is 0 Å². The van der Waals surface area contributed by atoms with Crippen molar-refractivity contribution >= 4 is 13.3 Å².